The molecule has 3 heteroatoms. The zero-order valence-electron chi connectivity index (χ0n) is 22.6. The van der Waals surface area contributed by atoms with Crippen molar-refractivity contribution >= 4 is 5.96 Å². The quantitative estimate of drug-likeness (QED) is 0.309. The zero-order valence-corrected chi connectivity index (χ0v) is 22.6. The summed E-state index contributed by atoms with van der Waals surface area (Å²) in [5, 5.41) is 3.65. The molecule has 1 heterocycles. The summed E-state index contributed by atoms with van der Waals surface area (Å²) in [6.07, 6.45) is 18.5. The van der Waals surface area contributed by atoms with Gasteiger partial charge in [0.15, 0.2) is 5.96 Å². The van der Waals surface area contributed by atoms with E-state index in [0.29, 0.717) is 6.54 Å². The Bertz CT molecular complexity index is 1110. The fourth-order valence-corrected chi connectivity index (χ4v) is 4.94. The summed E-state index contributed by atoms with van der Waals surface area (Å²) in [5.41, 5.74) is 9.19. The van der Waals surface area contributed by atoms with Gasteiger partial charge in [0.1, 0.15) is 0 Å². The first kappa shape index (κ1) is 26.5. The molecule has 0 unspecified atom stereocenters. The Morgan fingerprint density at radius 3 is 2.71 bits per heavy atom. The minimum absolute atomic E-state index is 0.00521. The molecule has 186 valence electrons. The van der Waals surface area contributed by atoms with Crippen LogP contribution in [0.5, 0.6) is 0 Å². The van der Waals surface area contributed by atoms with Crippen molar-refractivity contribution in [3.63, 3.8) is 0 Å². The molecule has 0 saturated carbocycles. The minimum Gasteiger partial charge on any atom is -0.352 e. The summed E-state index contributed by atoms with van der Waals surface area (Å²) in [7, 11) is 0. The summed E-state index contributed by atoms with van der Waals surface area (Å²) in [6, 6.07) is 6.53. The third-order valence-corrected chi connectivity index (χ3v) is 7.23. The van der Waals surface area contributed by atoms with Gasteiger partial charge in [0.05, 0.1) is 6.54 Å². The van der Waals surface area contributed by atoms with E-state index in [2.05, 4.69) is 113 Å². The van der Waals surface area contributed by atoms with Crippen molar-refractivity contribution < 1.29 is 0 Å². The minimum atomic E-state index is -0.00521. The number of aliphatic imine (C=N–C) groups is 1. The van der Waals surface area contributed by atoms with E-state index in [0.717, 1.165) is 38.3 Å². The van der Waals surface area contributed by atoms with Gasteiger partial charge >= 0.3 is 0 Å². The lowest BCUT2D eigenvalue weighted by molar-refractivity contribution is 0.514. The Morgan fingerprint density at radius 2 is 2.03 bits per heavy atom. The largest absolute Gasteiger partial charge is 0.352 e. The van der Waals surface area contributed by atoms with Crippen LogP contribution in [0.4, 0.5) is 0 Å². The fraction of sp³-hybridized carbons (Fsp3) is 0.406. The predicted molar refractivity (Wildman–Crippen MR) is 152 cm³/mol. The van der Waals surface area contributed by atoms with E-state index in [9.17, 15) is 0 Å². The topological polar surface area (TPSA) is 27.6 Å². The second-order valence-electron chi connectivity index (χ2n) is 9.81. The second kappa shape index (κ2) is 12.1. The number of hydrogen-bond acceptors (Lipinski definition) is 3. The van der Waals surface area contributed by atoms with Crippen LogP contribution < -0.4 is 5.32 Å². The molecule has 1 aromatic carbocycles. The average molecular weight is 470 g/mol. The summed E-state index contributed by atoms with van der Waals surface area (Å²) >= 11 is 0. The first-order valence-electron chi connectivity index (χ1n) is 13.0. The van der Waals surface area contributed by atoms with E-state index < -0.39 is 0 Å². The van der Waals surface area contributed by atoms with Gasteiger partial charge in [0.2, 0.25) is 0 Å². The first-order chi connectivity index (χ1) is 16.9. The van der Waals surface area contributed by atoms with E-state index in [1.807, 2.05) is 6.08 Å². The number of aryl methyl sites for hydroxylation is 1. The molecule has 35 heavy (non-hydrogen) atoms. The maximum Gasteiger partial charge on any atom is 0.199 e. The van der Waals surface area contributed by atoms with Crippen LogP contribution in [0.2, 0.25) is 0 Å². The second-order valence-corrected chi connectivity index (χ2v) is 9.81. The molecule has 3 nitrogen and oxygen atoms in total. The highest BCUT2D eigenvalue weighted by Crippen LogP contribution is 2.44. The van der Waals surface area contributed by atoms with E-state index in [4.69, 9.17) is 4.99 Å². The summed E-state index contributed by atoms with van der Waals surface area (Å²) in [5.74, 6) is 0.936. The molecule has 1 aromatic rings. The van der Waals surface area contributed by atoms with Gasteiger partial charge in [-0.05, 0) is 73.9 Å². The third kappa shape index (κ3) is 5.96. The maximum absolute atomic E-state index is 5.08. The Morgan fingerprint density at radius 1 is 1.23 bits per heavy atom. The molecular formula is C32H43N3. The highest BCUT2D eigenvalue weighted by molar-refractivity contribution is 5.83. The number of nitrogens with zero attached hydrogens (tertiary/aromatic N) is 2. The summed E-state index contributed by atoms with van der Waals surface area (Å²) < 4.78 is 0. The summed E-state index contributed by atoms with van der Waals surface area (Å²) in [4.78, 5) is 7.42. The molecule has 0 saturated heterocycles. The maximum atomic E-state index is 5.08. The average Bonchev–Trinajstić information content (AvgIpc) is 2.99. The van der Waals surface area contributed by atoms with Crippen molar-refractivity contribution in [3.8, 4) is 0 Å². The van der Waals surface area contributed by atoms with Crippen LogP contribution in [-0.4, -0.2) is 17.4 Å². The predicted octanol–water partition coefficient (Wildman–Crippen LogP) is 7.93. The lowest BCUT2D eigenvalue weighted by atomic mass is 9.80. The molecular weight excluding hydrogens is 426 g/mol. The Balaban J connectivity index is 2.07. The molecule has 3 rings (SSSR count). The highest BCUT2D eigenvalue weighted by atomic mass is 15.3. The lowest BCUT2D eigenvalue weighted by Gasteiger charge is -2.30. The van der Waals surface area contributed by atoms with Crippen molar-refractivity contribution in [2.24, 2.45) is 10.4 Å². The van der Waals surface area contributed by atoms with Crippen LogP contribution >= 0.6 is 0 Å². The zero-order chi connectivity index (χ0) is 25.4. The number of rotatable bonds is 8. The van der Waals surface area contributed by atoms with Gasteiger partial charge in [-0.3, -0.25) is 0 Å². The molecule has 0 radical (unpaired) electrons. The number of benzene rings is 1. The van der Waals surface area contributed by atoms with Gasteiger partial charge in [-0.2, -0.15) is 0 Å². The Hall–Kier alpha value is -3.07. The monoisotopic (exact) mass is 469 g/mol. The summed E-state index contributed by atoms with van der Waals surface area (Å²) in [6.45, 7) is 19.8. The van der Waals surface area contributed by atoms with Crippen molar-refractivity contribution in [2.45, 2.75) is 73.9 Å². The number of allylic oxidation sites excluding steroid dienone is 10. The molecule has 0 amide bonds. The SMILES string of the molecule is C=C/C(C/C=C\CC)=C(\C=C1/CC=C(/C=C\C)C1(C)C)N(CC)C1=NCc2c(C)cccc2CN1. The van der Waals surface area contributed by atoms with E-state index in [1.165, 1.54) is 39.1 Å². The van der Waals surface area contributed by atoms with Crippen LogP contribution in [0.15, 0.2) is 94.7 Å². The fourth-order valence-electron chi connectivity index (χ4n) is 4.94. The van der Waals surface area contributed by atoms with Gasteiger partial charge in [-0.1, -0.05) is 87.6 Å². The van der Waals surface area contributed by atoms with Crippen LogP contribution in [0.3, 0.4) is 0 Å². The molecule has 0 atom stereocenters. The number of guanidine groups is 1. The number of likely N-dealkylation sites (N-methyl/N-ethyl adjacent to an activating group) is 1. The van der Waals surface area contributed by atoms with Crippen molar-refractivity contribution in [1.29, 1.82) is 0 Å². The van der Waals surface area contributed by atoms with Gasteiger partial charge in [0, 0.05) is 24.2 Å². The first-order valence-corrected chi connectivity index (χ1v) is 13.0. The number of hydrogen-bond donors (Lipinski definition) is 1. The molecule has 0 fully saturated rings. The van der Waals surface area contributed by atoms with Crippen molar-refractivity contribution in [2.75, 3.05) is 6.54 Å². The van der Waals surface area contributed by atoms with E-state index >= 15 is 0 Å². The molecule has 0 aromatic heterocycles. The number of nitrogens with one attached hydrogen (secondary N) is 1. The standard InChI is InChI=1S/C32H43N3/c1-8-12-13-17-25(10-3)30(21-28-20-19-27(15-9-2)32(28,6)7)35(11-4)31-33-22-26-18-14-16-24(5)29(26)23-34-31/h9-10,12-16,18-19,21H,3,8,11,17,20,22-23H2,1-2,4-7H3,(H,33,34)/b13-12-,15-9-,28-21+,30-25-. The number of fused-ring (bicyclic) bond motifs is 1. The normalized spacial score (nSPS) is 19.2. The van der Waals surface area contributed by atoms with E-state index in [1.54, 1.807) is 0 Å². The van der Waals surface area contributed by atoms with E-state index in [-0.39, 0.29) is 5.41 Å². The molecule has 0 spiro atoms. The molecule has 0 bridgehead atoms. The Labute approximate surface area is 213 Å². The smallest absolute Gasteiger partial charge is 0.199 e. The molecule has 1 aliphatic carbocycles. The van der Waals surface area contributed by atoms with Gasteiger partial charge in [0.25, 0.3) is 0 Å². The van der Waals surface area contributed by atoms with Gasteiger partial charge in [-0.25, -0.2) is 4.99 Å². The third-order valence-electron chi connectivity index (χ3n) is 7.23. The van der Waals surface area contributed by atoms with Crippen molar-refractivity contribution in [1.82, 2.24) is 10.2 Å². The lowest BCUT2D eigenvalue weighted by Crippen LogP contribution is -2.40. The van der Waals surface area contributed by atoms with Crippen LogP contribution in [-0.2, 0) is 13.1 Å². The van der Waals surface area contributed by atoms with Gasteiger partial charge < -0.3 is 10.2 Å². The molecule has 2 aliphatic rings. The van der Waals surface area contributed by atoms with Crippen molar-refractivity contribution in [3.05, 3.63) is 106 Å². The highest BCUT2D eigenvalue weighted by Gasteiger charge is 2.31. The van der Waals surface area contributed by atoms with Crippen LogP contribution in [0, 0.1) is 12.3 Å². The molecule has 1 aliphatic heterocycles. The van der Waals surface area contributed by atoms with Crippen LogP contribution in [0.1, 0.15) is 70.6 Å². The van der Waals surface area contributed by atoms with Gasteiger partial charge in [-0.15, -0.1) is 0 Å². The molecule has 1 N–H and O–H groups in total. The van der Waals surface area contributed by atoms with Crippen LogP contribution in [0.25, 0.3) is 0 Å². The Kier molecular flexibility index (Phi) is 9.14.